The molecule has 3 rings (SSSR count). The molecule has 0 unspecified atom stereocenters. The van der Waals surface area contributed by atoms with Gasteiger partial charge < -0.3 is 10.1 Å². The minimum atomic E-state index is 0.617. The molecule has 3 nitrogen and oxygen atoms in total. The van der Waals surface area contributed by atoms with Crippen LogP contribution in [-0.2, 0) is 11.2 Å². The van der Waals surface area contributed by atoms with Gasteiger partial charge in [-0.15, -0.1) is 11.3 Å². The molecule has 0 spiro atoms. The topological polar surface area (TPSA) is 24.5 Å². The molecule has 0 amide bonds. The lowest BCUT2D eigenvalue weighted by Gasteiger charge is -2.40. The molecule has 0 bridgehead atoms. The fourth-order valence-electron chi connectivity index (χ4n) is 3.45. The highest BCUT2D eigenvalue weighted by molar-refractivity contribution is 7.12. The number of ether oxygens (including phenoxy) is 1. The van der Waals surface area contributed by atoms with Gasteiger partial charge in [0.25, 0.3) is 0 Å². The predicted molar refractivity (Wildman–Crippen MR) is 84.4 cm³/mol. The van der Waals surface area contributed by atoms with E-state index in [1.165, 1.54) is 30.8 Å². The van der Waals surface area contributed by atoms with Crippen LogP contribution in [0.15, 0.2) is 12.1 Å². The summed E-state index contributed by atoms with van der Waals surface area (Å²) in [5.74, 6) is 0.769. The molecule has 0 saturated carbocycles. The number of hydrogen-bond donors (Lipinski definition) is 1. The summed E-state index contributed by atoms with van der Waals surface area (Å²) < 4.78 is 5.57. The third-order valence-corrected chi connectivity index (χ3v) is 5.88. The van der Waals surface area contributed by atoms with Crippen molar-refractivity contribution in [2.45, 2.75) is 32.2 Å². The average Bonchev–Trinajstić information content (AvgIpc) is 2.98. The SMILES string of the molecule is CCc1ccc([C@@H](C2CCOCC2)N2CCNCC2)s1. The van der Waals surface area contributed by atoms with Crippen molar-refractivity contribution in [3.8, 4) is 0 Å². The molecule has 112 valence electrons. The molecular weight excluding hydrogens is 268 g/mol. The standard InChI is InChI=1S/C16H26N2OS/c1-2-14-3-4-15(20-14)16(13-5-11-19-12-6-13)18-9-7-17-8-10-18/h3-4,13,16-17H,2,5-12H2,1H3/t16-/m1/s1. The molecule has 2 fully saturated rings. The van der Waals surface area contributed by atoms with Gasteiger partial charge in [0, 0.05) is 55.2 Å². The van der Waals surface area contributed by atoms with Crippen LogP contribution in [0.5, 0.6) is 0 Å². The van der Waals surface area contributed by atoms with Crippen LogP contribution in [0.2, 0.25) is 0 Å². The van der Waals surface area contributed by atoms with Gasteiger partial charge in [-0.25, -0.2) is 0 Å². The van der Waals surface area contributed by atoms with Crippen LogP contribution in [0.3, 0.4) is 0 Å². The maximum atomic E-state index is 5.57. The Morgan fingerprint density at radius 3 is 2.70 bits per heavy atom. The molecule has 2 aliphatic heterocycles. The Balaban J connectivity index is 1.81. The lowest BCUT2D eigenvalue weighted by atomic mass is 9.89. The van der Waals surface area contributed by atoms with Gasteiger partial charge in [-0.3, -0.25) is 4.90 Å². The molecule has 0 aliphatic carbocycles. The van der Waals surface area contributed by atoms with E-state index in [9.17, 15) is 0 Å². The van der Waals surface area contributed by atoms with Crippen molar-refractivity contribution in [3.63, 3.8) is 0 Å². The lowest BCUT2D eigenvalue weighted by molar-refractivity contribution is 0.0223. The van der Waals surface area contributed by atoms with E-state index >= 15 is 0 Å². The number of piperazine rings is 1. The first-order valence-corrected chi connectivity index (χ1v) is 8.81. The van der Waals surface area contributed by atoms with Gasteiger partial charge in [0.1, 0.15) is 0 Å². The summed E-state index contributed by atoms with van der Waals surface area (Å²) in [5, 5.41) is 3.48. The highest BCUT2D eigenvalue weighted by Gasteiger charge is 2.32. The smallest absolute Gasteiger partial charge is 0.0472 e. The van der Waals surface area contributed by atoms with Crippen LogP contribution in [0.4, 0.5) is 0 Å². The molecule has 4 heteroatoms. The normalized spacial score (nSPS) is 23.9. The molecule has 1 aromatic heterocycles. The Kier molecular flexibility index (Phi) is 5.10. The Labute approximate surface area is 126 Å². The Morgan fingerprint density at radius 1 is 1.30 bits per heavy atom. The van der Waals surface area contributed by atoms with E-state index in [-0.39, 0.29) is 0 Å². The van der Waals surface area contributed by atoms with E-state index in [4.69, 9.17) is 4.74 Å². The molecule has 2 aliphatic rings. The van der Waals surface area contributed by atoms with Crippen LogP contribution >= 0.6 is 11.3 Å². The van der Waals surface area contributed by atoms with Crippen molar-refractivity contribution in [2.24, 2.45) is 5.92 Å². The van der Waals surface area contributed by atoms with Crippen molar-refractivity contribution in [1.29, 1.82) is 0 Å². The second-order valence-corrected chi connectivity index (χ2v) is 7.04. The third-order valence-electron chi connectivity index (χ3n) is 4.58. The quantitative estimate of drug-likeness (QED) is 0.924. The van der Waals surface area contributed by atoms with Gasteiger partial charge in [-0.1, -0.05) is 6.92 Å². The molecule has 20 heavy (non-hydrogen) atoms. The van der Waals surface area contributed by atoms with Crippen LogP contribution in [0.25, 0.3) is 0 Å². The van der Waals surface area contributed by atoms with Crippen LogP contribution in [-0.4, -0.2) is 44.3 Å². The number of nitrogens with zero attached hydrogens (tertiary/aromatic N) is 1. The van der Waals surface area contributed by atoms with Gasteiger partial charge >= 0.3 is 0 Å². The molecule has 0 aromatic carbocycles. The van der Waals surface area contributed by atoms with Crippen LogP contribution < -0.4 is 5.32 Å². The monoisotopic (exact) mass is 294 g/mol. The highest BCUT2D eigenvalue weighted by atomic mass is 32.1. The van der Waals surface area contributed by atoms with Crippen molar-refractivity contribution < 1.29 is 4.74 Å². The third kappa shape index (κ3) is 3.25. The molecule has 1 N–H and O–H groups in total. The van der Waals surface area contributed by atoms with Gasteiger partial charge in [-0.05, 0) is 37.3 Å². The van der Waals surface area contributed by atoms with Crippen molar-refractivity contribution in [2.75, 3.05) is 39.4 Å². The van der Waals surface area contributed by atoms with E-state index < -0.39 is 0 Å². The Morgan fingerprint density at radius 2 is 2.05 bits per heavy atom. The number of hydrogen-bond acceptors (Lipinski definition) is 4. The van der Waals surface area contributed by atoms with Crippen LogP contribution in [0.1, 0.15) is 35.6 Å². The summed E-state index contributed by atoms with van der Waals surface area (Å²) in [6.45, 7) is 8.77. The molecule has 1 aromatic rings. The zero-order valence-electron chi connectivity index (χ0n) is 12.4. The molecule has 3 heterocycles. The lowest BCUT2D eigenvalue weighted by Crippen LogP contribution is -2.47. The minimum Gasteiger partial charge on any atom is -0.381 e. The Hall–Kier alpha value is -0.420. The number of thiophene rings is 1. The molecule has 1 atom stereocenters. The number of nitrogens with one attached hydrogen (secondary N) is 1. The summed E-state index contributed by atoms with van der Waals surface area (Å²) in [6.07, 6.45) is 3.59. The largest absolute Gasteiger partial charge is 0.381 e. The van der Waals surface area contributed by atoms with E-state index in [2.05, 4.69) is 29.3 Å². The molecule has 2 saturated heterocycles. The first kappa shape index (κ1) is 14.5. The van der Waals surface area contributed by atoms with Crippen molar-refractivity contribution in [3.05, 3.63) is 21.9 Å². The molecular formula is C16H26N2OS. The van der Waals surface area contributed by atoms with Crippen LogP contribution in [0, 0.1) is 5.92 Å². The molecule has 0 radical (unpaired) electrons. The second-order valence-electron chi connectivity index (χ2n) is 5.84. The zero-order chi connectivity index (χ0) is 13.8. The van der Waals surface area contributed by atoms with E-state index in [0.717, 1.165) is 38.6 Å². The Bertz CT molecular complexity index is 390. The van der Waals surface area contributed by atoms with E-state index in [1.807, 2.05) is 11.3 Å². The summed E-state index contributed by atoms with van der Waals surface area (Å²) in [5.41, 5.74) is 0. The first-order valence-electron chi connectivity index (χ1n) is 7.99. The van der Waals surface area contributed by atoms with Gasteiger partial charge in [0.05, 0.1) is 0 Å². The van der Waals surface area contributed by atoms with Gasteiger partial charge in [0.2, 0.25) is 0 Å². The zero-order valence-corrected chi connectivity index (χ0v) is 13.3. The van der Waals surface area contributed by atoms with Crippen molar-refractivity contribution in [1.82, 2.24) is 10.2 Å². The predicted octanol–water partition coefficient (Wildman–Crippen LogP) is 2.68. The maximum Gasteiger partial charge on any atom is 0.0472 e. The summed E-state index contributed by atoms with van der Waals surface area (Å²) in [6, 6.07) is 5.33. The van der Waals surface area contributed by atoms with Gasteiger partial charge in [-0.2, -0.15) is 0 Å². The summed E-state index contributed by atoms with van der Waals surface area (Å²) in [7, 11) is 0. The van der Waals surface area contributed by atoms with Crippen molar-refractivity contribution >= 4 is 11.3 Å². The summed E-state index contributed by atoms with van der Waals surface area (Å²) >= 11 is 2.03. The minimum absolute atomic E-state index is 0.617. The fraction of sp³-hybridized carbons (Fsp3) is 0.750. The summed E-state index contributed by atoms with van der Waals surface area (Å²) in [4.78, 5) is 5.81. The maximum absolute atomic E-state index is 5.57. The highest BCUT2D eigenvalue weighted by Crippen LogP contribution is 2.38. The number of rotatable bonds is 4. The van der Waals surface area contributed by atoms with Gasteiger partial charge in [0.15, 0.2) is 0 Å². The second kappa shape index (κ2) is 7.03. The number of aryl methyl sites for hydroxylation is 1. The first-order chi connectivity index (χ1) is 9.88. The van der Waals surface area contributed by atoms with E-state index in [0.29, 0.717) is 6.04 Å². The fourth-order valence-corrected chi connectivity index (χ4v) is 4.63. The average molecular weight is 294 g/mol. The van der Waals surface area contributed by atoms with E-state index in [1.54, 1.807) is 4.88 Å².